The third kappa shape index (κ3) is 14.5. The first kappa shape index (κ1) is 65.0. The maximum atomic E-state index is 13.8. The number of benzene rings is 4. The summed E-state index contributed by atoms with van der Waals surface area (Å²) in [6, 6.07) is 21.5. The first-order chi connectivity index (χ1) is 43.6. The third-order valence-corrected chi connectivity index (χ3v) is 18.4. The van der Waals surface area contributed by atoms with Crippen molar-refractivity contribution in [1.29, 1.82) is 21.0 Å². The summed E-state index contributed by atoms with van der Waals surface area (Å²) in [7, 11) is 6.03. The van der Waals surface area contributed by atoms with Crippen molar-refractivity contribution in [2.75, 3.05) is 54.9 Å². The first-order valence-electron chi connectivity index (χ1n) is 28.1. The highest BCUT2D eigenvalue weighted by Crippen LogP contribution is 2.39. The number of aromatic nitrogens is 4. The number of nitrogens with zero attached hydrogens (tertiary/aromatic N) is 8. The number of hydrogen-bond acceptors (Lipinski definition) is 24. The van der Waals surface area contributed by atoms with Crippen LogP contribution in [0.15, 0.2) is 48.5 Å². The van der Waals surface area contributed by atoms with Crippen molar-refractivity contribution in [2.45, 2.75) is 88.9 Å². The van der Waals surface area contributed by atoms with Crippen LogP contribution in [0.25, 0.3) is 40.3 Å². The van der Waals surface area contributed by atoms with E-state index in [-0.39, 0.29) is 49.2 Å². The Balaban J connectivity index is 0.000000143. The number of methoxy groups -OCH3 is 4. The Morgan fingerprint density at radius 1 is 0.456 bits per heavy atom. The van der Waals surface area contributed by atoms with Crippen molar-refractivity contribution in [3.63, 3.8) is 0 Å². The van der Waals surface area contributed by atoms with Gasteiger partial charge in [-0.2, -0.15) is 38.5 Å². The lowest BCUT2D eigenvalue weighted by molar-refractivity contribution is -0.124. The molecule has 4 unspecified atom stereocenters. The van der Waals surface area contributed by atoms with Gasteiger partial charge in [-0.3, -0.25) is 19.2 Å². The molecule has 0 radical (unpaired) electrons. The lowest BCUT2D eigenvalue weighted by Crippen LogP contribution is -2.34. The molecular weight excluding hydrogens is 1250 g/mol. The summed E-state index contributed by atoms with van der Waals surface area (Å²) in [5.74, 6) is 1.86. The van der Waals surface area contributed by atoms with Crippen molar-refractivity contribution >= 4 is 110 Å². The Morgan fingerprint density at radius 2 is 0.733 bits per heavy atom. The van der Waals surface area contributed by atoms with Gasteiger partial charge >= 0.3 is 0 Å². The van der Waals surface area contributed by atoms with Gasteiger partial charge in [-0.15, -0.1) is 0 Å². The Morgan fingerprint density at radius 3 is 0.967 bits per heavy atom. The van der Waals surface area contributed by atoms with E-state index < -0.39 is 36.0 Å². The first-order valence-corrected chi connectivity index (χ1v) is 31.2. The second kappa shape index (κ2) is 29.7. The van der Waals surface area contributed by atoms with Gasteiger partial charge in [-0.05, 0) is 120 Å². The van der Waals surface area contributed by atoms with E-state index >= 15 is 0 Å². The van der Waals surface area contributed by atoms with E-state index in [2.05, 4.69) is 63.0 Å². The van der Waals surface area contributed by atoms with Crippen molar-refractivity contribution in [3.05, 3.63) is 70.8 Å². The fourth-order valence-electron chi connectivity index (χ4n) is 10.4. The number of halogens is 2. The van der Waals surface area contributed by atoms with Crippen LogP contribution in [-0.4, -0.2) is 133 Å². The van der Waals surface area contributed by atoms with E-state index in [4.69, 9.17) is 58.9 Å². The van der Waals surface area contributed by atoms with Crippen LogP contribution in [-0.2, 0) is 19.2 Å². The summed E-state index contributed by atoms with van der Waals surface area (Å²) in [4.78, 5) is 45.3. The standard InChI is InChI=1S/2C16H16FN3O3S.2C14H13N3O3S/c2*1-3-9-11(19-15(21)14(9)17)7-23-16-10-5-12(22-2)8(6-18)4-13(10)24-20-16;2*1-19-11-5-10-12(4-8(11)6-15)21-17-14(10)20-7-9-2-3-13(18)16-9/h2*4-5,9,11,14H,3,7H2,1-2H3,(H,19,21);2*4-5,9H,2-3,7H2,1H3,(H,16,18)/t9-,11+,14-;;9-;/m0.0./s1. The topological polar surface area (TPSA) is 337 Å². The average Bonchev–Trinajstić information content (AvgIpc) is 2.91. The lowest BCUT2D eigenvalue weighted by Gasteiger charge is -2.17. The van der Waals surface area contributed by atoms with Crippen molar-refractivity contribution in [3.8, 4) is 70.8 Å². The Kier molecular flexibility index (Phi) is 21.4. The number of amides is 4. The quantitative estimate of drug-likeness (QED) is 0.0625. The van der Waals surface area contributed by atoms with Gasteiger partial charge in [0.2, 0.25) is 35.3 Å². The number of carbonyl (C=O) groups excluding carboxylic acids is 4. The SMILES string of the molecule is CCC1C(COc2nsc3cc(C#N)c(OC)cc23)NC(=O)C1F.CC[C@@H]1[C@H](F)C(=O)N[C@@H]1COc1nsc2cc(C#N)c(OC)cc12.COc1cc2c(OCC3CCC(=O)N3)nsc2cc1C#N.COc1cc2c(OC[C@@H]3CCC(=O)N3)nsc2cc1C#N. The summed E-state index contributed by atoms with van der Waals surface area (Å²) in [5.41, 5.74) is 1.80. The molecule has 24 nitrogen and oxygen atoms in total. The van der Waals surface area contributed by atoms with Crippen LogP contribution in [0, 0.1) is 57.2 Å². The van der Waals surface area contributed by atoms with Gasteiger partial charge in [0, 0.05) is 24.7 Å². The summed E-state index contributed by atoms with van der Waals surface area (Å²) in [6.07, 6.45) is 0.765. The molecule has 0 spiro atoms. The Bertz CT molecular complexity index is 3890. The fraction of sp³-hybridized carbons (Fsp3) is 0.400. The average molecular weight is 1310 g/mol. The largest absolute Gasteiger partial charge is 0.495 e. The molecule has 4 N–H and O–H groups in total. The lowest BCUT2D eigenvalue weighted by atomic mass is 9.97. The zero-order valence-electron chi connectivity index (χ0n) is 49.2. The molecule has 4 amide bonds. The Labute approximate surface area is 530 Å². The van der Waals surface area contributed by atoms with Crippen LogP contribution >= 0.6 is 46.1 Å². The molecular formula is C60H58F2N12O12S4. The van der Waals surface area contributed by atoms with Crippen LogP contribution in [0.5, 0.6) is 46.5 Å². The van der Waals surface area contributed by atoms with E-state index in [9.17, 15) is 28.0 Å². The maximum absolute atomic E-state index is 13.8. The minimum Gasteiger partial charge on any atom is -0.495 e. The number of fused-ring (bicyclic) bond motifs is 4. The van der Waals surface area contributed by atoms with E-state index in [1.54, 1.807) is 48.5 Å². The molecule has 4 fully saturated rings. The fourth-order valence-corrected chi connectivity index (χ4v) is 13.4. The van der Waals surface area contributed by atoms with Gasteiger partial charge in [0.05, 0.1) is 115 Å². The molecule has 4 aromatic carbocycles. The number of ether oxygens (including phenoxy) is 8. The maximum Gasteiger partial charge on any atom is 0.255 e. The Hall–Kier alpha value is -9.46. The normalized spacial score (nSPS) is 20.5. The zero-order valence-corrected chi connectivity index (χ0v) is 52.4. The van der Waals surface area contributed by atoms with Crippen LogP contribution < -0.4 is 59.2 Å². The highest BCUT2D eigenvalue weighted by atomic mass is 32.1. The zero-order chi connectivity index (χ0) is 64.2. The highest BCUT2D eigenvalue weighted by Gasteiger charge is 2.43. The van der Waals surface area contributed by atoms with Crippen molar-refractivity contribution in [1.82, 2.24) is 38.8 Å². The summed E-state index contributed by atoms with van der Waals surface area (Å²) >= 11 is 4.97. The number of nitrogens with one attached hydrogen (secondary N) is 4. The van der Waals surface area contributed by atoms with E-state index in [0.717, 1.165) is 53.2 Å². The van der Waals surface area contributed by atoms with Gasteiger partial charge in [0.25, 0.3) is 11.8 Å². The molecule has 4 aliphatic rings. The highest BCUT2D eigenvalue weighted by molar-refractivity contribution is 7.14. The molecule has 4 aromatic heterocycles. The minimum atomic E-state index is -1.49. The van der Waals surface area contributed by atoms with Crippen LogP contribution in [0.1, 0.15) is 74.6 Å². The molecule has 8 heterocycles. The van der Waals surface area contributed by atoms with Gasteiger partial charge in [-0.25, -0.2) is 8.78 Å². The van der Waals surface area contributed by atoms with Gasteiger partial charge in [0.1, 0.15) is 73.7 Å². The third-order valence-electron chi connectivity index (χ3n) is 15.2. The molecule has 12 rings (SSSR count). The van der Waals surface area contributed by atoms with Gasteiger partial charge in [-0.1, -0.05) is 13.8 Å². The second-order valence-corrected chi connectivity index (χ2v) is 23.8. The monoisotopic (exact) mass is 1300 g/mol. The molecule has 8 atom stereocenters. The van der Waals surface area contributed by atoms with Crippen molar-refractivity contribution in [2.24, 2.45) is 11.8 Å². The predicted octanol–water partition coefficient (Wildman–Crippen LogP) is 8.50. The van der Waals surface area contributed by atoms with Gasteiger partial charge in [0.15, 0.2) is 12.3 Å². The summed E-state index contributed by atoms with van der Waals surface area (Å²) < 4.78 is 91.7. The van der Waals surface area contributed by atoms with Gasteiger partial charge < -0.3 is 59.2 Å². The molecule has 8 aromatic rings. The molecule has 4 aliphatic heterocycles. The molecule has 4 saturated heterocycles. The molecule has 0 aliphatic carbocycles. The molecule has 30 heteroatoms. The number of nitriles is 4. The van der Waals surface area contributed by atoms with Crippen LogP contribution in [0.2, 0.25) is 0 Å². The molecule has 0 bridgehead atoms. The smallest absolute Gasteiger partial charge is 0.255 e. The minimum absolute atomic E-state index is 0.0366. The second-order valence-electron chi connectivity index (χ2n) is 20.6. The summed E-state index contributed by atoms with van der Waals surface area (Å²) in [5, 5.41) is 50.4. The van der Waals surface area contributed by atoms with Crippen molar-refractivity contribution < 1.29 is 65.9 Å². The number of alkyl halides is 2. The van der Waals surface area contributed by atoms with E-state index in [1.165, 1.54) is 74.6 Å². The summed E-state index contributed by atoms with van der Waals surface area (Å²) in [6.45, 7) is 4.77. The van der Waals surface area contributed by atoms with Crippen LogP contribution in [0.3, 0.4) is 0 Å². The van der Waals surface area contributed by atoms with E-state index in [0.29, 0.717) is 108 Å². The number of hydrogen-bond donors (Lipinski definition) is 4. The number of rotatable bonds is 18. The predicted molar refractivity (Wildman–Crippen MR) is 329 cm³/mol. The van der Waals surface area contributed by atoms with E-state index in [1.807, 2.05) is 13.8 Å². The number of carbonyl (C=O) groups is 4. The molecule has 468 valence electrons. The van der Waals surface area contributed by atoms with Crippen LogP contribution in [0.4, 0.5) is 8.78 Å². The molecule has 0 saturated carbocycles. The molecule has 90 heavy (non-hydrogen) atoms.